The number of ether oxygens (including phenoxy) is 2. The maximum absolute atomic E-state index is 13.9. The van der Waals surface area contributed by atoms with Crippen LogP contribution in [-0.4, -0.2) is 55.2 Å². The van der Waals surface area contributed by atoms with Crippen LogP contribution in [-0.2, 0) is 9.53 Å². The number of fused-ring (bicyclic) bond motifs is 1. The lowest BCUT2D eigenvalue weighted by atomic mass is 10.0. The number of nitrogen functional groups attached to an aromatic ring is 1. The van der Waals surface area contributed by atoms with E-state index in [0.29, 0.717) is 47.9 Å². The number of likely N-dealkylation sites (tertiary alicyclic amines) is 1. The summed E-state index contributed by atoms with van der Waals surface area (Å²) < 4.78 is 14.6. The van der Waals surface area contributed by atoms with E-state index < -0.39 is 11.5 Å². The van der Waals surface area contributed by atoms with Gasteiger partial charge in [0.15, 0.2) is 11.5 Å². The minimum absolute atomic E-state index is 0.00301. The van der Waals surface area contributed by atoms with E-state index >= 15 is 0 Å². The number of para-hydroxylation sites is 1. The molecule has 11 nitrogen and oxygen atoms in total. The Bertz CT molecular complexity index is 1700. The van der Waals surface area contributed by atoms with E-state index in [9.17, 15) is 14.9 Å². The first-order chi connectivity index (χ1) is 19.7. The van der Waals surface area contributed by atoms with E-state index in [2.05, 4.69) is 9.97 Å². The summed E-state index contributed by atoms with van der Waals surface area (Å²) in [6.45, 7) is 6.51. The summed E-state index contributed by atoms with van der Waals surface area (Å²) in [5.41, 5.74) is 6.47. The van der Waals surface area contributed by atoms with Crippen LogP contribution in [0, 0.1) is 11.3 Å². The van der Waals surface area contributed by atoms with Gasteiger partial charge in [0.05, 0.1) is 17.3 Å². The third-order valence-electron chi connectivity index (χ3n) is 6.93. The van der Waals surface area contributed by atoms with Crippen molar-refractivity contribution in [3.05, 3.63) is 83.1 Å². The molecule has 11 heteroatoms. The van der Waals surface area contributed by atoms with E-state index in [4.69, 9.17) is 15.2 Å². The largest absolute Gasteiger partial charge is 0.457 e. The van der Waals surface area contributed by atoms with Crippen molar-refractivity contribution in [2.75, 3.05) is 25.4 Å². The molecule has 5 rings (SSSR count). The molecule has 1 fully saturated rings. The molecule has 1 aliphatic rings. The molecule has 210 valence electrons. The normalized spacial score (nSPS) is 15.7. The van der Waals surface area contributed by atoms with Gasteiger partial charge in [0, 0.05) is 19.7 Å². The number of carbonyl (C=O) groups excluding carboxylic acids is 1. The van der Waals surface area contributed by atoms with E-state index in [-0.39, 0.29) is 29.7 Å². The zero-order valence-corrected chi connectivity index (χ0v) is 23.2. The summed E-state index contributed by atoms with van der Waals surface area (Å²) in [6, 6.07) is 18.1. The molecule has 0 saturated carbocycles. The van der Waals surface area contributed by atoms with Crippen LogP contribution in [0.4, 0.5) is 5.82 Å². The predicted octanol–water partition coefficient (Wildman–Crippen LogP) is 4.00. The second kappa shape index (κ2) is 11.3. The molecule has 0 radical (unpaired) electrons. The highest BCUT2D eigenvalue weighted by atomic mass is 16.5. The van der Waals surface area contributed by atoms with Crippen LogP contribution < -0.4 is 16.2 Å². The van der Waals surface area contributed by atoms with Crippen molar-refractivity contribution in [3.63, 3.8) is 0 Å². The monoisotopic (exact) mass is 553 g/mol. The lowest BCUT2D eigenvalue weighted by Gasteiger charge is -2.22. The highest BCUT2D eigenvalue weighted by Gasteiger charge is 2.33. The average Bonchev–Trinajstić information content (AvgIpc) is 3.55. The quantitative estimate of drug-likeness (QED) is 0.255. The molecule has 1 aliphatic heterocycles. The Morgan fingerprint density at radius 3 is 2.54 bits per heavy atom. The van der Waals surface area contributed by atoms with Gasteiger partial charge >= 0.3 is 5.69 Å². The van der Waals surface area contributed by atoms with Crippen LogP contribution in [0.25, 0.3) is 16.9 Å². The Kier molecular flexibility index (Phi) is 7.59. The maximum Gasteiger partial charge on any atom is 0.335 e. The third kappa shape index (κ3) is 5.55. The van der Waals surface area contributed by atoms with Crippen molar-refractivity contribution in [2.45, 2.75) is 38.8 Å². The molecule has 4 aromatic rings. The first-order valence-electron chi connectivity index (χ1n) is 13.4. The number of amides is 1. The van der Waals surface area contributed by atoms with E-state index in [0.717, 1.165) is 0 Å². The van der Waals surface area contributed by atoms with Crippen molar-refractivity contribution in [1.82, 2.24) is 24.0 Å². The molecule has 41 heavy (non-hydrogen) atoms. The number of nitrogens with two attached hydrogens (primary N) is 1. The molecule has 2 aromatic carbocycles. The number of hydrogen-bond acceptors (Lipinski definition) is 8. The molecular weight excluding hydrogens is 522 g/mol. The molecule has 2 N–H and O–H groups in total. The zero-order chi connectivity index (χ0) is 29.1. The molecule has 0 unspecified atom stereocenters. The predicted molar refractivity (Wildman–Crippen MR) is 154 cm³/mol. The topological polar surface area (TPSA) is 141 Å². The van der Waals surface area contributed by atoms with Crippen molar-refractivity contribution >= 4 is 22.9 Å². The molecule has 0 spiro atoms. The van der Waals surface area contributed by atoms with Gasteiger partial charge in [-0.1, -0.05) is 18.2 Å². The third-order valence-corrected chi connectivity index (χ3v) is 6.93. The Morgan fingerprint density at radius 2 is 1.85 bits per heavy atom. The summed E-state index contributed by atoms with van der Waals surface area (Å²) >= 11 is 0. The number of aromatic nitrogens is 4. The van der Waals surface area contributed by atoms with Gasteiger partial charge in [-0.3, -0.25) is 13.9 Å². The fourth-order valence-corrected chi connectivity index (χ4v) is 5.13. The fourth-order valence-electron chi connectivity index (χ4n) is 5.13. The Labute approximate surface area is 237 Å². The molecule has 0 bridgehead atoms. The Hall–Kier alpha value is -4.95. The van der Waals surface area contributed by atoms with Gasteiger partial charge in [0.2, 0.25) is 0 Å². The number of rotatable bonds is 8. The van der Waals surface area contributed by atoms with Gasteiger partial charge in [0.1, 0.15) is 35.0 Å². The van der Waals surface area contributed by atoms with Crippen LogP contribution in [0.3, 0.4) is 0 Å². The molecule has 1 saturated heterocycles. The minimum Gasteiger partial charge on any atom is -0.457 e. The Morgan fingerprint density at radius 1 is 1.15 bits per heavy atom. The second-order valence-corrected chi connectivity index (χ2v) is 10.2. The lowest BCUT2D eigenvalue weighted by molar-refractivity contribution is -0.126. The van der Waals surface area contributed by atoms with Gasteiger partial charge in [-0.25, -0.2) is 14.8 Å². The number of benzene rings is 2. The number of hydrogen-bond donors (Lipinski definition) is 1. The summed E-state index contributed by atoms with van der Waals surface area (Å²) in [7, 11) is 0. The van der Waals surface area contributed by atoms with Crippen molar-refractivity contribution in [1.29, 1.82) is 5.26 Å². The minimum atomic E-state index is -0.769. The van der Waals surface area contributed by atoms with E-state index in [1.54, 1.807) is 53.7 Å². The van der Waals surface area contributed by atoms with Gasteiger partial charge in [-0.05, 0) is 69.7 Å². The Balaban J connectivity index is 1.46. The van der Waals surface area contributed by atoms with Gasteiger partial charge in [-0.2, -0.15) is 5.26 Å². The number of imidazole rings is 1. The number of nitrogens with zero attached hydrogens (tertiary/aromatic N) is 6. The SMILES string of the molecule is CCOC(C)(C)C=C(C#N)C(=O)N1CC[C@H](n2c(=O)n(-c3ccc(Oc4ccccc4)cc3)c3c(N)ncnc32)C1. The highest BCUT2D eigenvalue weighted by Crippen LogP contribution is 2.29. The first kappa shape index (κ1) is 27.6. The van der Waals surface area contributed by atoms with Crippen LogP contribution in [0.1, 0.15) is 33.2 Å². The first-order valence-corrected chi connectivity index (χ1v) is 13.4. The lowest BCUT2D eigenvalue weighted by Crippen LogP contribution is -2.33. The van der Waals surface area contributed by atoms with E-state index in [1.807, 2.05) is 43.3 Å². The van der Waals surface area contributed by atoms with Gasteiger partial charge < -0.3 is 20.1 Å². The summed E-state index contributed by atoms with van der Waals surface area (Å²) in [5.74, 6) is 1.07. The van der Waals surface area contributed by atoms with Crippen LogP contribution in [0.2, 0.25) is 0 Å². The maximum atomic E-state index is 13.9. The summed E-state index contributed by atoms with van der Waals surface area (Å²) in [6.07, 6.45) is 3.37. The highest BCUT2D eigenvalue weighted by molar-refractivity contribution is 5.97. The summed E-state index contributed by atoms with van der Waals surface area (Å²) in [5, 5.41) is 9.70. The summed E-state index contributed by atoms with van der Waals surface area (Å²) in [4.78, 5) is 37.3. The van der Waals surface area contributed by atoms with Crippen LogP contribution in [0.15, 0.2) is 77.4 Å². The van der Waals surface area contributed by atoms with Crippen molar-refractivity contribution in [3.8, 4) is 23.3 Å². The second-order valence-electron chi connectivity index (χ2n) is 10.2. The standard InChI is InChI=1S/C30H31N7O4/c1-4-40-30(2,3)16-20(17-31)28(38)35-15-14-22(18-35)37-27-25(26(32)33-19-34-27)36(29(37)39)21-10-12-24(13-11-21)41-23-8-6-5-7-9-23/h5-13,16,19,22H,4,14-15,18H2,1-3H3,(H2,32,33,34)/t22-/m0/s1. The van der Waals surface area contributed by atoms with E-state index in [1.165, 1.54) is 10.9 Å². The van der Waals surface area contributed by atoms with Crippen LogP contribution >= 0.6 is 0 Å². The van der Waals surface area contributed by atoms with Crippen molar-refractivity contribution in [2.24, 2.45) is 0 Å². The number of anilines is 1. The average molecular weight is 554 g/mol. The number of carbonyl (C=O) groups is 1. The number of nitriles is 1. The van der Waals surface area contributed by atoms with Crippen LogP contribution in [0.5, 0.6) is 11.5 Å². The smallest absolute Gasteiger partial charge is 0.335 e. The molecule has 2 aromatic heterocycles. The fraction of sp³-hybridized carbons (Fsp3) is 0.300. The molecule has 1 atom stereocenters. The van der Waals surface area contributed by atoms with Gasteiger partial charge in [-0.15, -0.1) is 0 Å². The van der Waals surface area contributed by atoms with Crippen molar-refractivity contribution < 1.29 is 14.3 Å². The molecular formula is C30H31N7O4. The zero-order valence-electron chi connectivity index (χ0n) is 23.2. The molecule has 3 heterocycles. The van der Waals surface area contributed by atoms with Gasteiger partial charge in [0.25, 0.3) is 5.91 Å². The molecule has 0 aliphatic carbocycles. The molecule has 1 amide bonds.